The van der Waals surface area contributed by atoms with Gasteiger partial charge in [-0.3, -0.25) is 9.59 Å². The number of benzene rings is 2. The molecule has 3 aromatic rings. The van der Waals surface area contributed by atoms with Crippen LogP contribution in [0.3, 0.4) is 0 Å². The first-order valence-corrected chi connectivity index (χ1v) is 10.3. The maximum absolute atomic E-state index is 12.2. The fraction of sp³-hybridized carbons (Fsp3) is 0.318. The Balaban J connectivity index is 1.58. The van der Waals surface area contributed by atoms with Crippen LogP contribution in [0.5, 0.6) is 5.75 Å². The van der Waals surface area contributed by atoms with E-state index in [4.69, 9.17) is 4.74 Å². The van der Waals surface area contributed by atoms with Gasteiger partial charge in [0.05, 0.1) is 10.2 Å². The summed E-state index contributed by atoms with van der Waals surface area (Å²) >= 11 is 1.37. The summed E-state index contributed by atoms with van der Waals surface area (Å²) in [5.74, 6) is 0.334. The zero-order valence-electron chi connectivity index (χ0n) is 17.0. The highest BCUT2D eigenvalue weighted by Gasteiger charge is 2.13. The summed E-state index contributed by atoms with van der Waals surface area (Å²) in [6, 6.07) is 13.2. The molecule has 0 unspecified atom stereocenters. The smallest absolute Gasteiger partial charge is 0.262 e. The Kier molecular flexibility index (Phi) is 6.17. The predicted molar refractivity (Wildman–Crippen MR) is 118 cm³/mol. The lowest BCUT2D eigenvalue weighted by molar-refractivity contribution is -0.118. The van der Waals surface area contributed by atoms with Gasteiger partial charge in [-0.1, -0.05) is 51.2 Å². The molecule has 0 saturated heterocycles. The van der Waals surface area contributed by atoms with Crippen molar-refractivity contribution in [2.75, 3.05) is 17.2 Å². The number of aromatic nitrogens is 1. The van der Waals surface area contributed by atoms with Gasteiger partial charge in [-0.15, -0.1) is 0 Å². The fourth-order valence-corrected chi connectivity index (χ4v) is 3.58. The number of nitrogens with one attached hydrogen (secondary N) is 2. The number of amides is 2. The van der Waals surface area contributed by atoms with Crippen LogP contribution in [0.15, 0.2) is 42.5 Å². The van der Waals surface area contributed by atoms with E-state index in [9.17, 15) is 9.59 Å². The third-order valence-corrected chi connectivity index (χ3v) is 5.26. The Bertz CT molecular complexity index is 1020. The molecule has 0 aliphatic rings. The normalized spacial score (nSPS) is 11.3. The van der Waals surface area contributed by atoms with Crippen LogP contribution in [0.4, 0.5) is 10.8 Å². The monoisotopic (exact) mass is 411 g/mol. The lowest BCUT2D eigenvalue weighted by Crippen LogP contribution is -2.20. The van der Waals surface area contributed by atoms with Crippen LogP contribution < -0.4 is 15.4 Å². The number of carbonyl (C=O) groups is 2. The highest BCUT2D eigenvalue weighted by Crippen LogP contribution is 2.28. The molecule has 0 saturated carbocycles. The molecule has 2 aromatic carbocycles. The van der Waals surface area contributed by atoms with Crippen molar-refractivity contribution in [2.45, 2.75) is 39.5 Å². The Hall–Kier alpha value is -2.93. The van der Waals surface area contributed by atoms with Gasteiger partial charge in [-0.25, -0.2) is 4.98 Å². The van der Waals surface area contributed by atoms with Crippen LogP contribution in [0, 0.1) is 0 Å². The molecule has 3 rings (SSSR count). The second-order valence-electron chi connectivity index (χ2n) is 7.71. The molecule has 0 atom stereocenters. The molecule has 0 aliphatic heterocycles. The third kappa shape index (κ3) is 5.54. The first-order chi connectivity index (χ1) is 13.7. The van der Waals surface area contributed by atoms with E-state index in [0.717, 1.165) is 10.2 Å². The summed E-state index contributed by atoms with van der Waals surface area (Å²) in [5, 5.41) is 6.14. The van der Waals surface area contributed by atoms with Crippen LogP contribution in [0.2, 0.25) is 0 Å². The van der Waals surface area contributed by atoms with E-state index < -0.39 is 0 Å². The quantitative estimate of drug-likeness (QED) is 0.601. The minimum atomic E-state index is -0.242. The number of anilines is 2. The standard InChI is InChI=1S/C22H25N3O3S/c1-5-19(26)25-21-24-17-11-8-15(12-18(17)29-21)23-20(27)13-28-16-9-6-14(7-10-16)22(2,3)4/h6-12H,5,13H2,1-4H3,(H,23,27)(H,24,25,26). The molecule has 152 valence electrons. The summed E-state index contributed by atoms with van der Waals surface area (Å²) in [6.45, 7) is 8.16. The van der Waals surface area contributed by atoms with Gasteiger partial charge in [0.15, 0.2) is 11.7 Å². The molecule has 0 spiro atoms. The van der Waals surface area contributed by atoms with Crippen LogP contribution >= 0.6 is 11.3 Å². The summed E-state index contributed by atoms with van der Waals surface area (Å²) in [7, 11) is 0. The average molecular weight is 412 g/mol. The lowest BCUT2D eigenvalue weighted by atomic mass is 9.87. The number of ether oxygens (including phenoxy) is 1. The van der Waals surface area contributed by atoms with Crippen molar-refractivity contribution in [3.8, 4) is 5.75 Å². The van der Waals surface area contributed by atoms with Crippen molar-refractivity contribution in [3.63, 3.8) is 0 Å². The van der Waals surface area contributed by atoms with Gasteiger partial charge < -0.3 is 15.4 Å². The molecule has 1 heterocycles. The van der Waals surface area contributed by atoms with Crippen molar-refractivity contribution >= 4 is 44.2 Å². The molecule has 0 aliphatic carbocycles. The van der Waals surface area contributed by atoms with Gasteiger partial charge in [-0.05, 0) is 41.3 Å². The van der Waals surface area contributed by atoms with E-state index in [1.807, 2.05) is 36.4 Å². The minimum Gasteiger partial charge on any atom is -0.484 e. The molecule has 2 N–H and O–H groups in total. The lowest BCUT2D eigenvalue weighted by Gasteiger charge is -2.19. The van der Waals surface area contributed by atoms with Crippen molar-refractivity contribution in [2.24, 2.45) is 0 Å². The van der Waals surface area contributed by atoms with E-state index in [2.05, 4.69) is 36.4 Å². The number of hydrogen-bond acceptors (Lipinski definition) is 5. The first-order valence-electron chi connectivity index (χ1n) is 9.48. The van der Waals surface area contributed by atoms with Crippen molar-refractivity contribution in [1.29, 1.82) is 0 Å². The summed E-state index contributed by atoms with van der Waals surface area (Å²) in [6.07, 6.45) is 0.399. The van der Waals surface area contributed by atoms with Crippen LogP contribution in [-0.4, -0.2) is 23.4 Å². The predicted octanol–water partition coefficient (Wildman–Crippen LogP) is 4.96. The van der Waals surface area contributed by atoms with E-state index in [1.165, 1.54) is 16.9 Å². The highest BCUT2D eigenvalue weighted by molar-refractivity contribution is 7.22. The van der Waals surface area contributed by atoms with Crippen LogP contribution in [0.1, 0.15) is 39.7 Å². The molecule has 7 heteroatoms. The highest BCUT2D eigenvalue weighted by atomic mass is 32.1. The molecule has 0 radical (unpaired) electrons. The number of thiazole rings is 1. The average Bonchev–Trinajstić information content (AvgIpc) is 3.07. The Morgan fingerprint density at radius 2 is 1.76 bits per heavy atom. The van der Waals surface area contributed by atoms with Gasteiger partial charge in [0, 0.05) is 12.1 Å². The summed E-state index contributed by atoms with van der Waals surface area (Å²) < 4.78 is 6.47. The van der Waals surface area contributed by atoms with Crippen molar-refractivity contribution in [1.82, 2.24) is 4.98 Å². The molecular formula is C22H25N3O3S. The van der Waals surface area contributed by atoms with Gasteiger partial charge in [0.2, 0.25) is 5.91 Å². The van der Waals surface area contributed by atoms with Gasteiger partial charge in [0.25, 0.3) is 5.91 Å². The maximum Gasteiger partial charge on any atom is 0.262 e. The van der Waals surface area contributed by atoms with E-state index in [1.54, 1.807) is 13.0 Å². The van der Waals surface area contributed by atoms with Gasteiger partial charge in [-0.2, -0.15) is 0 Å². The first kappa shape index (κ1) is 20.8. The largest absolute Gasteiger partial charge is 0.484 e. The van der Waals surface area contributed by atoms with Crippen molar-refractivity contribution in [3.05, 3.63) is 48.0 Å². The molecular weight excluding hydrogens is 386 g/mol. The summed E-state index contributed by atoms with van der Waals surface area (Å²) in [5.41, 5.74) is 2.71. The number of nitrogens with zero attached hydrogens (tertiary/aromatic N) is 1. The third-order valence-electron chi connectivity index (χ3n) is 4.33. The minimum absolute atomic E-state index is 0.0738. The molecule has 29 heavy (non-hydrogen) atoms. The maximum atomic E-state index is 12.2. The summed E-state index contributed by atoms with van der Waals surface area (Å²) in [4.78, 5) is 28.1. The Morgan fingerprint density at radius 1 is 1.03 bits per heavy atom. The molecule has 1 aromatic heterocycles. The van der Waals surface area contributed by atoms with E-state index >= 15 is 0 Å². The van der Waals surface area contributed by atoms with Gasteiger partial charge >= 0.3 is 0 Å². The van der Waals surface area contributed by atoms with Crippen molar-refractivity contribution < 1.29 is 14.3 Å². The zero-order valence-corrected chi connectivity index (χ0v) is 17.9. The van der Waals surface area contributed by atoms with Gasteiger partial charge in [0.1, 0.15) is 5.75 Å². The van der Waals surface area contributed by atoms with Crippen LogP contribution in [0.25, 0.3) is 10.2 Å². The molecule has 0 bridgehead atoms. The zero-order chi connectivity index (χ0) is 21.0. The number of rotatable bonds is 6. The topological polar surface area (TPSA) is 80.3 Å². The Morgan fingerprint density at radius 3 is 2.41 bits per heavy atom. The second-order valence-corrected chi connectivity index (χ2v) is 8.75. The second kappa shape index (κ2) is 8.61. The Labute approximate surface area is 174 Å². The van der Waals surface area contributed by atoms with Crippen LogP contribution in [-0.2, 0) is 15.0 Å². The SMILES string of the molecule is CCC(=O)Nc1nc2ccc(NC(=O)COc3ccc(C(C)(C)C)cc3)cc2s1. The van der Waals surface area contributed by atoms with E-state index in [0.29, 0.717) is 23.0 Å². The molecule has 0 fully saturated rings. The number of hydrogen-bond donors (Lipinski definition) is 2. The fourth-order valence-electron chi connectivity index (χ4n) is 2.66. The molecule has 6 nitrogen and oxygen atoms in total. The number of fused-ring (bicyclic) bond motifs is 1. The number of carbonyl (C=O) groups excluding carboxylic acids is 2. The van der Waals surface area contributed by atoms with E-state index in [-0.39, 0.29) is 23.8 Å². The molecule has 2 amide bonds.